The lowest BCUT2D eigenvalue weighted by Gasteiger charge is -2.10. The van der Waals surface area contributed by atoms with Crippen LogP contribution in [0.15, 0.2) is 0 Å². The average Bonchev–Trinajstić information content (AvgIpc) is 1.96. The van der Waals surface area contributed by atoms with E-state index >= 15 is 0 Å². The Morgan fingerprint density at radius 1 is 1.31 bits per heavy atom. The van der Waals surface area contributed by atoms with E-state index in [1.54, 1.807) is 0 Å². The van der Waals surface area contributed by atoms with Crippen LogP contribution in [0.5, 0.6) is 0 Å². The molecular weight excluding hydrogens is 178 g/mol. The molecular formula is C6H11N3O4. The van der Waals surface area contributed by atoms with Crippen molar-refractivity contribution in [3.8, 4) is 0 Å². The zero-order valence-electron chi connectivity index (χ0n) is 6.82. The fourth-order valence-electron chi connectivity index (χ4n) is 0.716. The van der Waals surface area contributed by atoms with Crippen LogP contribution in [0.2, 0.25) is 0 Å². The Labute approximate surface area is 74.1 Å². The highest BCUT2D eigenvalue weighted by atomic mass is 16.4. The molecule has 1 atom stereocenters. The number of carbonyl (C=O) groups excluding carboxylic acids is 2. The van der Waals surface area contributed by atoms with Crippen LogP contribution in [-0.4, -0.2) is 29.1 Å². The second kappa shape index (κ2) is 4.96. The van der Waals surface area contributed by atoms with E-state index in [2.05, 4.69) is 0 Å². The van der Waals surface area contributed by atoms with Crippen molar-refractivity contribution in [2.45, 2.75) is 18.9 Å². The third kappa shape index (κ3) is 5.48. The van der Waals surface area contributed by atoms with Crippen molar-refractivity contribution in [1.29, 1.82) is 0 Å². The van der Waals surface area contributed by atoms with Gasteiger partial charge in [-0.2, -0.15) is 0 Å². The van der Waals surface area contributed by atoms with E-state index in [4.69, 9.17) is 16.6 Å². The van der Waals surface area contributed by atoms with Gasteiger partial charge in [0.15, 0.2) is 0 Å². The van der Waals surface area contributed by atoms with Gasteiger partial charge in [-0.1, -0.05) is 0 Å². The number of carboxylic acids is 1. The third-order valence-electron chi connectivity index (χ3n) is 1.29. The lowest BCUT2D eigenvalue weighted by molar-refractivity contribution is -0.139. The molecule has 3 amide bonds. The van der Waals surface area contributed by atoms with Crippen molar-refractivity contribution in [3.63, 3.8) is 0 Å². The SMILES string of the molecule is NC(=O)CC[C@H](NC(N)=O)C(=O)O. The fraction of sp³-hybridized carbons (Fsp3) is 0.500. The van der Waals surface area contributed by atoms with Gasteiger partial charge < -0.3 is 21.9 Å². The van der Waals surface area contributed by atoms with Crippen LogP contribution in [0.4, 0.5) is 4.79 Å². The predicted octanol–water partition coefficient (Wildman–Crippen LogP) is -1.63. The Bertz CT molecular complexity index is 228. The number of hydrogen-bond donors (Lipinski definition) is 4. The van der Waals surface area contributed by atoms with Gasteiger partial charge in [-0.05, 0) is 6.42 Å². The highest BCUT2D eigenvalue weighted by Gasteiger charge is 2.18. The van der Waals surface area contributed by atoms with E-state index in [0.29, 0.717) is 0 Å². The molecule has 0 aromatic rings. The molecule has 0 rings (SSSR count). The minimum atomic E-state index is -1.25. The molecule has 0 heterocycles. The summed E-state index contributed by atoms with van der Waals surface area (Å²) >= 11 is 0. The standard InChI is InChI=1S/C6H11N3O4/c7-4(10)2-1-3(5(11)12)9-6(8)13/h3H,1-2H2,(H2,7,10)(H,11,12)(H3,8,9,13)/t3-/m0/s1. The molecule has 0 aliphatic heterocycles. The maximum Gasteiger partial charge on any atom is 0.326 e. The van der Waals surface area contributed by atoms with Crippen molar-refractivity contribution >= 4 is 17.9 Å². The van der Waals surface area contributed by atoms with Crippen LogP contribution < -0.4 is 16.8 Å². The fourth-order valence-corrected chi connectivity index (χ4v) is 0.716. The van der Waals surface area contributed by atoms with Crippen molar-refractivity contribution in [2.24, 2.45) is 11.5 Å². The summed E-state index contributed by atoms with van der Waals surface area (Å²) in [5.41, 5.74) is 9.50. The number of primary amides is 2. The summed E-state index contributed by atoms with van der Waals surface area (Å²) in [7, 11) is 0. The number of hydrogen-bond acceptors (Lipinski definition) is 3. The number of urea groups is 1. The minimum Gasteiger partial charge on any atom is -0.480 e. The summed E-state index contributed by atoms with van der Waals surface area (Å²) in [5, 5.41) is 10.5. The van der Waals surface area contributed by atoms with E-state index in [0.717, 1.165) is 0 Å². The smallest absolute Gasteiger partial charge is 0.326 e. The molecule has 13 heavy (non-hydrogen) atoms. The lowest BCUT2D eigenvalue weighted by Crippen LogP contribution is -2.44. The molecule has 7 nitrogen and oxygen atoms in total. The summed E-state index contributed by atoms with van der Waals surface area (Å²) < 4.78 is 0. The number of carboxylic acid groups (broad SMARTS) is 1. The monoisotopic (exact) mass is 189 g/mol. The Kier molecular flexibility index (Phi) is 4.28. The van der Waals surface area contributed by atoms with Gasteiger partial charge in [-0.25, -0.2) is 9.59 Å². The van der Waals surface area contributed by atoms with Crippen LogP contribution >= 0.6 is 0 Å². The van der Waals surface area contributed by atoms with Gasteiger partial charge in [0.05, 0.1) is 0 Å². The molecule has 0 fully saturated rings. The molecule has 0 saturated carbocycles. The highest BCUT2D eigenvalue weighted by molar-refractivity contribution is 5.82. The van der Waals surface area contributed by atoms with Crippen LogP contribution in [0.1, 0.15) is 12.8 Å². The first-order chi connectivity index (χ1) is 5.93. The maximum absolute atomic E-state index is 10.4. The first-order valence-electron chi connectivity index (χ1n) is 3.50. The number of amides is 3. The second-order valence-electron chi connectivity index (χ2n) is 2.40. The van der Waals surface area contributed by atoms with Crippen molar-refractivity contribution in [2.75, 3.05) is 0 Å². The van der Waals surface area contributed by atoms with Crippen LogP contribution in [-0.2, 0) is 9.59 Å². The zero-order valence-corrected chi connectivity index (χ0v) is 6.82. The average molecular weight is 189 g/mol. The number of nitrogens with two attached hydrogens (primary N) is 2. The minimum absolute atomic E-state index is 0.0619. The van der Waals surface area contributed by atoms with E-state index in [-0.39, 0.29) is 12.8 Å². The molecule has 0 unspecified atom stereocenters. The molecule has 0 aromatic carbocycles. The quantitative estimate of drug-likeness (QED) is 0.413. The van der Waals surface area contributed by atoms with Crippen molar-refractivity contribution in [3.05, 3.63) is 0 Å². The van der Waals surface area contributed by atoms with Crippen LogP contribution in [0.3, 0.4) is 0 Å². The van der Waals surface area contributed by atoms with Crippen molar-refractivity contribution in [1.82, 2.24) is 5.32 Å². The molecule has 74 valence electrons. The van der Waals surface area contributed by atoms with Crippen LogP contribution in [0.25, 0.3) is 0 Å². The van der Waals surface area contributed by atoms with Crippen LogP contribution in [0, 0.1) is 0 Å². The molecule has 0 aliphatic carbocycles. The summed E-state index contributed by atoms with van der Waals surface area (Å²) in [5.74, 6) is -1.88. The molecule has 7 heteroatoms. The lowest BCUT2D eigenvalue weighted by atomic mass is 10.1. The molecule has 0 saturated heterocycles. The molecule has 0 radical (unpaired) electrons. The first-order valence-corrected chi connectivity index (χ1v) is 3.50. The zero-order chi connectivity index (χ0) is 10.4. The summed E-state index contributed by atoms with van der Waals surface area (Å²) in [6.45, 7) is 0. The van der Waals surface area contributed by atoms with Gasteiger partial charge in [-0.3, -0.25) is 4.79 Å². The summed E-state index contributed by atoms with van der Waals surface area (Å²) in [4.78, 5) is 31.0. The van der Waals surface area contributed by atoms with E-state index in [1.807, 2.05) is 5.32 Å². The van der Waals surface area contributed by atoms with Gasteiger partial charge in [0.1, 0.15) is 6.04 Å². The Morgan fingerprint density at radius 3 is 2.15 bits per heavy atom. The van der Waals surface area contributed by atoms with Gasteiger partial charge in [0.25, 0.3) is 0 Å². The number of nitrogens with one attached hydrogen (secondary N) is 1. The van der Waals surface area contributed by atoms with E-state index < -0.39 is 23.9 Å². The van der Waals surface area contributed by atoms with E-state index in [1.165, 1.54) is 0 Å². The molecule has 0 aliphatic rings. The molecule has 6 N–H and O–H groups in total. The third-order valence-corrected chi connectivity index (χ3v) is 1.29. The topological polar surface area (TPSA) is 136 Å². The predicted molar refractivity (Wildman–Crippen MR) is 42.6 cm³/mol. The maximum atomic E-state index is 10.4. The van der Waals surface area contributed by atoms with Gasteiger partial charge in [-0.15, -0.1) is 0 Å². The van der Waals surface area contributed by atoms with E-state index in [9.17, 15) is 14.4 Å². The molecule has 0 aromatic heterocycles. The largest absolute Gasteiger partial charge is 0.480 e. The summed E-state index contributed by atoms with van der Waals surface area (Å²) in [6.07, 6.45) is -0.176. The number of aliphatic carboxylic acids is 1. The van der Waals surface area contributed by atoms with Crippen molar-refractivity contribution < 1.29 is 19.5 Å². The number of rotatable bonds is 5. The Morgan fingerprint density at radius 2 is 1.85 bits per heavy atom. The van der Waals surface area contributed by atoms with Gasteiger partial charge in [0.2, 0.25) is 5.91 Å². The summed E-state index contributed by atoms with van der Waals surface area (Å²) in [6, 6.07) is -2.11. The molecule has 0 spiro atoms. The van der Waals surface area contributed by atoms with Gasteiger partial charge in [0, 0.05) is 6.42 Å². The Balaban J connectivity index is 4.02. The molecule has 0 bridgehead atoms. The first kappa shape index (κ1) is 11.2. The normalized spacial score (nSPS) is 11.7. The number of carbonyl (C=O) groups is 3. The second-order valence-corrected chi connectivity index (χ2v) is 2.40. The Hall–Kier alpha value is -1.79. The highest BCUT2D eigenvalue weighted by Crippen LogP contribution is 1.96. The van der Waals surface area contributed by atoms with Gasteiger partial charge >= 0.3 is 12.0 Å².